The number of ether oxygens (including phenoxy) is 2. The first-order valence-corrected chi connectivity index (χ1v) is 7.68. The molecule has 0 radical (unpaired) electrons. The number of hydrogen-bond donors (Lipinski definition) is 1. The molecule has 1 unspecified atom stereocenters. The lowest BCUT2D eigenvalue weighted by atomic mass is 10.00. The molecule has 3 rings (SSSR count). The first kappa shape index (κ1) is 15.3. The molecule has 1 aromatic heterocycles. The Labute approximate surface area is 135 Å². The van der Waals surface area contributed by atoms with Gasteiger partial charge in [-0.1, -0.05) is 17.7 Å². The van der Waals surface area contributed by atoms with E-state index in [2.05, 4.69) is 23.3 Å². The molecular formula is C18H20N2O3. The molecule has 2 aromatic rings. The van der Waals surface area contributed by atoms with E-state index < -0.39 is 6.10 Å². The zero-order valence-electron chi connectivity index (χ0n) is 13.3. The van der Waals surface area contributed by atoms with Crippen LogP contribution in [0, 0.1) is 6.92 Å². The van der Waals surface area contributed by atoms with Crippen molar-refractivity contribution in [1.82, 2.24) is 10.3 Å². The van der Waals surface area contributed by atoms with Crippen molar-refractivity contribution in [3.63, 3.8) is 0 Å². The van der Waals surface area contributed by atoms with Crippen molar-refractivity contribution in [2.45, 2.75) is 32.4 Å². The van der Waals surface area contributed by atoms with Gasteiger partial charge in [-0.2, -0.15) is 0 Å². The van der Waals surface area contributed by atoms with Crippen molar-refractivity contribution >= 4 is 5.91 Å². The summed E-state index contributed by atoms with van der Waals surface area (Å²) in [4.78, 5) is 16.4. The highest BCUT2D eigenvalue weighted by Crippen LogP contribution is 2.28. The molecule has 1 aliphatic heterocycles. The zero-order chi connectivity index (χ0) is 16.2. The maximum atomic E-state index is 12.4. The number of rotatable bonds is 4. The molecule has 1 aliphatic rings. The van der Waals surface area contributed by atoms with Crippen LogP contribution in [0.3, 0.4) is 0 Å². The largest absolute Gasteiger partial charge is 0.496 e. The van der Waals surface area contributed by atoms with Crippen LogP contribution in [0.4, 0.5) is 0 Å². The van der Waals surface area contributed by atoms with Crippen molar-refractivity contribution < 1.29 is 14.3 Å². The molecule has 5 heteroatoms. The lowest BCUT2D eigenvalue weighted by Crippen LogP contribution is -2.40. The van der Waals surface area contributed by atoms with Crippen LogP contribution in [0.1, 0.15) is 23.1 Å². The molecule has 0 fully saturated rings. The van der Waals surface area contributed by atoms with Crippen molar-refractivity contribution in [2.24, 2.45) is 0 Å². The third-order valence-electron chi connectivity index (χ3n) is 3.99. The number of nitrogens with zero attached hydrogens (tertiary/aromatic N) is 1. The van der Waals surface area contributed by atoms with Gasteiger partial charge < -0.3 is 14.8 Å². The van der Waals surface area contributed by atoms with Gasteiger partial charge in [-0.3, -0.25) is 9.78 Å². The second-order valence-corrected chi connectivity index (χ2v) is 5.66. The number of hydrogen-bond acceptors (Lipinski definition) is 4. The number of benzene rings is 1. The van der Waals surface area contributed by atoms with Crippen LogP contribution in [0.2, 0.25) is 0 Å². The molecule has 23 heavy (non-hydrogen) atoms. The number of nitrogens with one attached hydrogen (secondary N) is 1. The SMILES string of the molecule is COc1ccncc1CNC(=O)C1CCc2cc(C)ccc2O1. The van der Waals surface area contributed by atoms with Gasteiger partial charge in [0.05, 0.1) is 7.11 Å². The summed E-state index contributed by atoms with van der Waals surface area (Å²) in [7, 11) is 1.60. The van der Waals surface area contributed by atoms with E-state index in [4.69, 9.17) is 9.47 Å². The number of carbonyl (C=O) groups is 1. The minimum absolute atomic E-state index is 0.109. The number of pyridine rings is 1. The van der Waals surface area contributed by atoms with Crippen LogP contribution < -0.4 is 14.8 Å². The minimum atomic E-state index is -0.451. The molecule has 0 bridgehead atoms. The topological polar surface area (TPSA) is 60.5 Å². The first-order valence-electron chi connectivity index (χ1n) is 7.68. The Morgan fingerprint density at radius 1 is 1.43 bits per heavy atom. The number of methoxy groups -OCH3 is 1. The van der Waals surface area contributed by atoms with Gasteiger partial charge >= 0.3 is 0 Å². The van der Waals surface area contributed by atoms with E-state index in [0.717, 1.165) is 17.7 Å². The summed E-state index contributed by atoms with van der Waals surface area (Å²) < 4.78 is 11.1. The van der Waals surface area contributed by atoms with Crippen LogP contribution in [0.25, 0.3) is 0 Å². The van der Waals surface area contributed by atoms with Crippen molar-refractivity contribution in [2.75, 3.05) is 7.11 Å². The van der Waals surface area contributed by atoms with E-state index in [1.54, 1.807) is 25.6 Å². The number of aryl methyl sites for hydroxylation is 2. The Balaban J connectivity index is 1.62. The summed E-state index contributed by atoms with van der Waals surface area (Å²) in [6.07, 6.45) is 4.44. The first-order chi connectivity index (χ1) is 11.2. The van der Waals surface area contributed by atoms with Crippen LogP contribution >= 0.6 is 0 Å². The molecule has 0 saturated heterocycles. The summed E-state index contributed by atoms with van der Waals surface area (Å²) in [5.41, 5.74) is 3.22. The number of aromatic nitrogens is 1. The Kier molecular flexibility index (Phi) is 4.46. The second-order valence-electron chi connectivity index (χ2n) is 5.66. The van der Waals surface area contributed by atoms with E-state index in [1.807, 2.05) is 12.1 Å². The number of amides is 1. The van der Waals surface area contributed by atoms with Gasteiger partial charge in [0, 0.05) is 24.5 Å². The minimum Gasteiger partial charge on any atom is -0.496 e. The molecule has 5 nitrogen and oxygen atoms in total. The molecule has 1 atom stereocenters. The molecule has 2 heterocycles. The molecule has 1 amide bonds. The Bertz CT molecular complexity index is 715. The van der Waals surface area contributed by atoms with E-state index in [9.17, 15) is 4.79 Å². The fourth-order valence-corrected chi connectivity index (χ4v) is 2.74. The van der Waals surface area contributed by atoms with Gasteiger partial charge in [-0.05, 0) is 37.5 Å². The van der Waals surface area contributed by atoms with Crippen molar-refractivity contribution in [3.8, 4) is 11.5 Å². The molecule has 1 aromatic carbocycles. The fraction of sp³-hybridized carbons (Fsp3) is 0.333. The van der Waals surface area contributed by atoms with Crippen LogP contribution in [0.15, 0.2) is 36.7 Å². The van der Waals surface area contributed by atoms with Crippen molar-refractivity contribution in [1.29, 1.82) is 0 Å². The second kappa shape index (κ2) is 6.69. The fourth-order valence-electron chi connectivity index (χ4n) is 2.74. The third kappa shape index (κ3) is 3.44. The highest BCUT2D eigenvalue weighted by molar-refractivity contribution is 5.81. The predicted octanol–water partition coefficient (Wildman–Crippen LogP) is 2.41. The maximum absolute atomic E-state index is 12.4. The summed E-state index contributed by atoms with van der Waals surface area (Å²) in [5, 5.41) is 2.90. The molecular weight excluding hydrogens is 292 g/mol. The Morgan fingerprint density at radius 2 is 2.30 bits per heavy atom. The number of carbonyl (C=O) groups excluding carboxylic acids is 1. The summed E-state index contributed by atoms with van der Waals surface area (Å²) >= 11 is 0. The summed E-state index contributed by atoms with van der Waals surface area (Å²) in [6.45, 7) is 2.43. The summed E-state index contributed by atoms with van der Waals surface area (Å²) in [6, 6.07) is 7.83. The molecule has 0 saturated carbocycles. The maximum Gasteiger partial charge on any atom is 0.261 e. The lowest BCUT2D eigenvalue weighted by Gasteiger charge is -2.25. The highest BCUT2D eigenvalue weighted by Gasteiger charge is 2.26. The standard InChI is InChI=1S/C18H20N2O3/c1-12-3-5-16-13(9-12)4-6-17(23-16)18(21)20-11-14-10-19-8-7-15(14)22-2/h3,5,7-10,17H,4,6,11H2,1-2H3,(H,20,21). The van der Waals surface area contributed by atoms with Gasteiger partial charge in [0.1, 0.15) is 11.5 Å². The molecule has 1 N–H and O–H groups in total. The average Bonchev–Trinajstić information content (AvgIpc) is 2.59. The van der Waals surface area contributed by atoms with E-state index in [0.29, 0.717) is 18.7 Å². The van der Waals surface area contributed by atoms with Gasteiger partial charge in [0.25, 0.3) is 5.91 Å². The smallest absolute Gasteiger partial charge is 0.261 e. The normalized spacial score (nSPS) is 16.2. The number of fused-ring (bicyclic) bond motifs is 1. The van der Waals surface area contributed by atoms with Crippen LogP contribution in [-0.2, 0) is 17.8 Å². The Morgan fingerprint density at radius 3 is 3.13 bits per heavy atom. The lowest BCUT2D eigenvalue weighted by molar-refractivity contribution is -0.128. The van der Waals surface area contributed by atoms with E-state index >= 15 is 0 Å². The van der Waals surface area contributed by atoms with Gasteiger partial charge in [0.15, 0.2) is 6.10 Å². The molecule has 120 valence electrons. The van der Waals surface area contributed by atoms with Gasteiger partial charge in [-0.25, -0.2) is 0 Å². The molecule has 0 aliphatic carbocycles. The monoisotopic (exact) mass is 312 g/mol. The average molecular weight is 312 g/mol. The van der Waals surface area contributed by atoms with Crippen molar-refractivity contribution in [3.05, 3.63) is 53.3 Å². The Hall–Kier alpha value is -2.56. The van der Waals surface area contributed by atoms with Crippen LogP contribution in [-0.4, -0.2) is 24.1 Å². The van der Waals surface area contributed by atoms with E-state index in [1.165, 1.54) is 11.1 Å². The highest BCUT2D eigenvalue weighted by atomic mass is 16.5. The predicted molar refractivity (Wildman–Crippen MR) is 86.6 cm³/mol. The summed E-state index contributed by atoms with van der Waals surface area (Å²) in [5.74, 6) is 1.41. The zero-order valence-corrected chi connectivity index (χ0v) is 13.3. The van der Waals surface area contributed by atoms with Gasteiger partial charge in [0.2, 0.25) is 0 Å². The van der Waals surface area contributed by atoms with E-state index in [-0.39, 0.29) is 5.91 Å². The molecule has 0 spiro atoms. The van der Waals surface area contributed by atoms with Crippen LogP contribution in [0.5, 0.6) is 11.5 Å². The third-order valence-corrected chi connectivity index (χ3v) is 3.99. The van der Waals surface area contributed by atoms with Gasteiger partial charge in [-0.15, -0.1) is 0 Å². The quantitative estimate of drug-likeness (QED) is 0.942.